The fourth-order valence-corrected chi connectivity index (χ4v) is 1.88. The number of carbonyl (C=O) groups is 1. The Bertz CT molecular complexity index is 710. The fraction of sp³-hybridized carbons (Fsp3) is 0.0625. The first-order valence-electron chi connectivity index (χ1n) is 6.50. The maximum atomic E-state index is 12.1. The van der Waals surface area contributed by atoms with Crippen molar-refractivity contribution in [2.75, 3.05) is 5.32 Å². The predicted molar refractivity (Wildman–Crippen MR) is 88.5 cm³/mol. The van der Waals surface area contributed by atoms with Crippen LogP contribution in [0.1, 0.15) is 6.92 Å². The van der Waals surface area contributed by atoms with Gasteiger partial charge in [0.05, 0.1) is 11.4 Å². The van der Waals surface area contributed by atoms with Crippen LogP contribution in [0.4, 0.5) is 11.4 Å². The first-order valence-corrected chi connectivity index (χ1v) is 6.87. The van der Waals surface area contributed by atoms with E-state index in [2.05, 4.69) is 15.5 Å². The van der Waals surface area contributed by atoms with E-state index in [1.807, 2.05) is 6.07 Å². The molecule has 0 aromatic heterocycles. The molecule has 6 heteroatoms. The summed E-state index contributed by atoms with van der Waals surface area (Å²) in [5.41, 5.74) is 1.35. The van der Waals surface area contributed by atoms with Gasteiger partial charge in [0.2, 0.25) is 0 Å². The number of rotatable bonds is 4. The summed E-state index contributed by atoms with van der Waals surface area (Å²) >= 11 is 5.80. The topological polar surface area (TPSA) is 74.0 Å². The van der Waals surface area contributed by atoms with E-state index in [9.17, 15) is 4.79 Å². The van der Waals surface area contributed by atoms with Gasteiger partial charge in [0.15, 0.2) is 5.71 Å². The van der Waals surface area contributed by atoms with Crippen LogP contribution in [0.2, 0.25) is 5.02 Å². The second-order valence-corrected chi connectivity index (χ2v) is 4.88. The summed E-state index contributed by atoms with van der Waals surface area (Å²) < 4.78 is 0. The number of aliphatic imine (C=N–C) groups is 1. The molecule has 0 spiro atoms. The summed E-state index contributed by atoms with van der Waals surface area (Å²) in [5, 5.41) is 15.4. The molecular formula is C16H14ClN3O2. The molecule has 2 N–H and O–H groups in total. The van der Waals surface area contributed by atoms with Gasteiger partial charge in [0.1, 0.15) is 0 Å². The number of amides is 1. The van der Waals surface area contributed by atoms with E-state index in [0.29, 0.717) is 22.1 Å². The number of nitrogens with one attached hydrogen (secondary N) is 1. The van der Waals surface area contributed by atoms with Crippen LogP contribution in [0.3, 0.4) is 0 Å². The molecule has 1 amide bonds. The summed E-state index contributed by atoms with van der Waals surface area (Å²) in [7, 11) is 0. The maximum absolute atomic E-state index is 12.1. The summed E-state index contributed by atoms with van der Waals surface area (Å²) in [6, 6.07) is 15.7. The number of nitrogens with zero attached hydrogens (tertiary/aromatic N) is 2. The van der Waals surface area contributed by atoms with Gasteiger partial charge in [-0.25, -0.2) is 0 Å². The van der Waals surface area contributed by atoms with Crippen LogP contribution >= 0.6 is 11.6 Å². The lowest BCUT2D eigenvalue weighted by Gasteiger charge is -2.06. The standard InChI is InChI=1S/C16H14ClN3O2/c1-11(18-14-9-7-12(17)8-10-14)15(20-22)16(21)19-13-5-3-2-4-6-13/h2-10,22H,1H3,(H,19,21)/b18-11?,20-15-. The van der Waals surface area contributed by atoms with Gasteiger partial charge in [-0.15, -0.1) is 0 Å². The van der Waals surface area contributed by atoms with E-state index in [0.717, 1.165) is 0 Å². The number of halogens is 1. The molecular weight excluding hydrogens is 302 g/mol. The molecule has 0 saturated carbocycles. The van der Waals surface area contributed by atoms with Crippen LogP contribution in [0, 0.1) is 0 Å². The zero-order valence-electron chi connectivity index (χ0n) is 11.8. The third-order valence-corrected chi connectivity index (χ3v) is 3.06. The van der Waals surface area contributed by atoms with Gasteiger partial charge in [-0.3, -0.25) is 9.79 Å². The summed E-state index contributed by atoms with van der Waals surface area (Å²) in [6.07, 6.45) is 0. The Balaban J connectivity index is 2.16. The van der Waals surface area contributed by atoms with E-state index >= 15 is 0 Å². The lowest BCUT2D eigenvalue weighted by Crippen LogP contribution is -2.28. The first-order chi connectivity index (χ1) is 10.6. The highest BCUT2D eigenvalue weighted by Crippen LogP contribution is 2.16. The fourth-order valence-electron chi connectivity index (χ4n) is 1.76. The molecule has 2 aromatic rings. The van der Waals surface area contributed by atoms with Crippen molar-refractivity contribution < 1.29 is 10.0 Å². The SMILES string of the molecule is CC(=Nc1ccc(Cl)cc1)/C(=N/O)C(=O)Nc1ccccc1. The minimum atomic E-state index is -0.538. The second kappa shape index (κ2) is 7.38. The third-order valence-electron chi connectivity index (χ3n) is 2.81. The zero-order valence-corrected chi connectivity index (χ0v) is 12.6. The predicted octanol–water partition coefficient (Wildman–Crippen LogP) is 3.90. The number of hydrogen-bond acceptors (Lipinski definition) is 4. The maximum Gasteiger partial charge on any atom is 0.279 e. The van der Waals surface area contributed by atoms with E-state index in [1.54, 1.807) is 55.5 Å². The number of anilines is 1. The number of carbonyl (C=O) groups excluding carboxylic acids is 1. The molecule has 112 valence electrons. The smallest absolute Gasteiger partial charge is 0.279 e. The van der Waals surface area contributed by atoms with Crippen molar-refractivity contribution >= 4 is 40.3 Å². The van der Waals surface area contributed by atoms with Crippen molar-refractivity contribution in [2.24, 2.45) is 10.1 Å². The summed E-state index contributed by atoms with van der Waals surface area (Å²) in [6.45, 7) is 1.59. The number of oxime groups is 1. The molecule has 2 rings (SSSR count). The largest absolute Gasteiger partial charge is 0.410 e. The van der Waals surface area contributed by atoms with Crippen molar-refractivity contribution in [3.8, 4) is 0 Å². The van der Waals surface area contributed by atoms with E-state index < -0.39 is 5.91 Å². The van der Waals surface area contributed by atoms with Gasteiger partial charge in [0.25, 0.3) is 5.91 Å². The van der Waals surface area contributed by atoms with E-state index in [1.165, 1.54) is 0 Å². The molecule has 0 atom stereocenters. The zero-order chi connectivity index (χ0) is 15.9. The Morgan fingerprint density at radius 3 is 2.32 bits per heavy atom. The van der Waals surface area contributed by atoms with E-state index in [-0.39, 0.29) is 5.71 Å². The van der Waals surface area contributed by atoms with Crippen LogP contribution in [0.5, 0.6) is 0 Å². The van der Waals surface area contributed by atoms with E-state index in [4.69, 9.17) is 16.8 Å². The Kier molecular flexibility index (Phi) is 5.27. The highest BCUT2D eigenvalue weighted by Gasteiger charge is 2.16. The van der Waals surface area contributed by atoms with Crippen molar-refractivity contribution in [1.29, 1.82) is 0 Å². The second-order valence-electron chi connectivity index (χ2n) is 4.44. The molecule has 0 radical (unpaired) electrons. The molecule has 0 aliphatic rings. The molecule has 0 heterocycles. The highest BCUT2D eigenvalue weighted by molar-refractivity contribution is 6.68. The van der Waals surface area contributed by atoms with Crippen LogP contribution in [0.15, 0.2) is 64.7 Å². The van der Waals surface area contributed by atoms with Crippen LogP contribution in [-0.4, -0.2) is 22.5 Å². The monoisotopic (exact) mass is 315 g/mol. The lowest BCUT2D eigenvalue weighted by molar-refractivity contribution is -0.110. The molecule has 5 nitrogen and oxygen atoms in total. The van der Waals surface area contributed by atoms with Crippen molar-refractivity contribution in [3.05, 3.63) is 59.6 Å². The minimum Gasteiger partial charge on any atom is -0.410 e. The Morgan fingerprint density at radius 2 is 1.73 bits per heavy atom. The number of benzene rings is 2. The quantitative estimate of drug-likeness (QED) is 0.510. The molecule has 0 unspecified atom stereocenters. The lowest BCUT2D eigenvalue weighted by atomic mass is 10.2. The van der Waals surface area contributed by atoms with Crippen LogP contribution in [0.25, 0.3) is 0 Å². The summed E-state index contributed by atoms with van der Waals surface area (Å²) in [5.74, 6) is -0.538. The number of para-hydroxylation sites is 1. The van der Waals surface area contributed by atoms with Gasteiger partial charge in [-0.05, 0) is 43.3 Å². The normalized spacial score (nSPS) is 12.1. The van der Waals surface area contributed by atoms with Crippen molar-refractivity contribution in [2.45, 2.75) is 6.92 Å². The molecule has 0 bridgehead atoms. The van der Waals surface area contributed by atoms with Crippen LogP contribution < -0.4 is 5.32 Å². The van der Waals surface area contributed by atoms with Crippen molar-refractivity contribution in [3.63, 3.8) is 0 Å². The summed E-state index contributed by atoms with van der Waals surface area (Å²) in [4.78, 5) is 16.4. The first kappa shape index (κ1) is 15.7. The number of hydrogen-bond donors (Lipinski definition) is 2. The van der Waals surface area contributed by atoms with Crippen LogP contribution in [-0.2, 0) is 4.79 Å². The van der Waals surface area contributed by atoms with Gasteiger partial charge < -0.3 is 10.5 Å². The van der Waals surface area contributed by atoms with Gasteiger partial charge in [-0.2, -0.15) is 0 Å². The minimum absolute atomic E-state index is 0.154. The third kappa shape index (κ3) is 4.17. The highest BCUT2D eigenvalue weighted by atomic mass is 35.5. The Labute approximate surface area is 133 Å². The molecule has 0 saturated heterocycles. The molecule has 0 fully saturated rings. The van der Waals surface area contributed by atoms with Crippen molar-refractivity contribution in [1.82, 2.24) is 0 Å². The average molecular weight is 316 g/mol. The molecule has 0 aliphatic heterocycles. The molecule has 2 aromatic carbocycles. The molecule has 22 heavy (non-hydrogen) atoms. The Hall–Kier alpha value is -2.66. The average Bonchev–Trinajstić information content (AvgIpc) is 2.51. The Morgan fingerprint density at radius 1 is 1.09 bits per heavy atom. The van der Waals surface area contributed by atoms with Gasteiger partial charge in [0, 0.05) is 10.7 Å². The van der Waals surface area contributed by atoms with Gasteiger partial charge >= 0.3 is 0 Å². The van der Waals surface area contributed by atoms with Gasteiger partial charge in [-0.1, -0.05) is 35.0 Å². The molecule has 0 aliphatic carbocycles.